The van der Waals surface area contributed by atoms with E-state index < -0.39 is 10.0 Å². The van der Waals surface area contributed by atoms with Gasteiger partial charge in [-0.15, -0.1) is 0 Å². The molecule has 0 atom stereocenters. The Morgan fingerprint density at radius 2 is 1.80 bits per heavy atom. The second kappa shape index (κ2) is 6.74. The van der Waals surface area contributed by atoms with E-state index in [1.807, 2.05) is 26.0 Å². The SMILES string of the molecule is CCCCN=C(N)NS(=O)(=O)c1c(C)cc(C)cc1C. The van der Waals surface area contributed by atoms with E-state index in [1.165, 1.54) is 0 Å². The molecule has 0 amide bonds. The molecule has 5 nitrogen and oxygen atoms in total. The number of nitrogens with one attached hydrogen (secondary N) is 1. The molecule has 0 saturated heterocycles. The molecular weight excluding hydrogens is 274 g/mol. The molecule has 0 radical (unpaired) electrons. The highest BCUT2D eigenvalue weighted by Gasteiger charge is 2.20. The molecule has 0 bridgehead atoms. The van der Waals surface area contributed by atoms with Crippen LogP contribution in [-0.2, 0) is 10.0 Å². The monoisotopic (exact) mass is 297 g/mol. The first-order valence-electron chi connectivity index (χ1n) is 6.68. The van der Waals surface area contributed by atoms with Gasteiger partial charge in [-0.1, -0.05) is 31.0 Å². The van der Waals surface area contributed by atoms with Crippen LogP contribution in [0.2, 0.25) is 0 Å². The van der Waals surface area contributed by atoms with Gasteiger partial charge < -0.3 is 5.73 Å². The van der Waals surface area contributed by atoms with Crippen molar-refractivity contribution in [1.29, 1.82) is 0 Å². The third-order valence-corrected chi connectivity index (χ3v) is 4.57. The molecule has 1 aromatic rings. The molecule has 0 aliphatic heterocycles. The predicted octanol–water partition coefficient (Wildman–Crippen LogP) is 2.00. The molecule has 1 rings (SSSR count). The number of unbranched alkanes of at least 4 members (excludes halogenated alkanes) is 1. The molecule has 0 aromatic heterocycles. The van der Waals surface area contributed by atoms with Gasteiger partial charge in [-0.3, -0.25) is 4.99 Å². The summed E-state index contributed by atoms with van der Waals surface area (Å²) in [6.07, 6.45) is 1.87. The van der Waals surface area contributed by atoms with Gasteiger partial charge in [0.05, 0.1) is 4.90 Å². The lowest BCUT2D eigenvalue weighted by atomic mass is 10.1. The van der Waals surface area contributed by atoms with E-state index in [2.05, 4.69) is 9.71 Å². The fourth-order valence-electron chi connectivity index (χ4n) is 2.17. The quantitative estimate of drug-likeness (QED) is 0.495. The molecule has 0 heterocycles. The van der Waals surface area contributed by atoms with Gasteiger partial charge in [-0.2, -0.15) is 0 Å². The van der Waals surface area contributed by atoms with Gasteiger partial charge in [0.1, 0.15) is 0 Å². The second-order valence-electron chi connectivity index (χ2n) is 4.95. The first kappa shape index (κ1) is 16.5. The fourth-order valence-corrected chi connectivity index (χ4v) is 3.58. The zero-order chi connectivity index (χ0) is 15.3. The van der Waals surface area contributed by atoms with E-state index in [0.717, 1.165) is 18.4 Å². The number of benzene rings is 1. The number of hydrogen-bond donors (Lipinski definition) is 2. The molecule has 3 N–H and O–H groups in total. The summed E-state index contributed by atoms with van der Waals surface area (Å²) >= 11 is 0. The Kier molecular flexibility index (Phi) is 5.56. The number of nitrogens with two attached hydrogens (primary N) is 1. The van der Waals surface area contributed by atoms with Gasteiger partial charge in [0, 0.05) is 6.54 Å². The van der Waals surface area contributed by atoms with Crippen molar-refractivity contribution in [3.63, 3.8) is 0 Å². The summed E-state index contributed by atoms with van der Waals surface area (Å²) in [6, 6.07) is 3.68. The molecular formula is C14H23N3O2S. The largest absolute Gasteiger partial charge is 0.369 e. The van der Waals surface area contributed by atoms with E-state index in [9.17, 15) is 8.42 Å². The summed E-state index contributed by atoms with van der Waals surface area (Å²) in [5.41, 5.74) is 8.07. The van der Waals surface area contributed by atoms with Crippen LogP contribution in [0.3, 0.4) is 0 Å². The maximum Gasteiger partial charge on any atom is 0.264 e. The average Bonchev–Trinajstić information content (AvgIpc) is 2.26. The lowest BCUT2D eigenvalue weighted by molar-refractivity contribution is 0.591. The third-order valence-electron chi connectivity index (χ3n) is 2.91. The normalized spacial score (nSPS) is 12.5. The Bertz CT molecular complexity index is 584. The smallest absolute Gasteiger partial charge is 0.264 e. The summed E-state index contributed by atoms with van der Waals surface area (Å²) in [5.74, 6) is -0.0576. The fraction of sp³-hybridized carbons (Fsp3) is 0.500. The number of rotatable bonds is 5. The van der Waals surface area contributed by atoms with Crippen molar-refractivity contribution in [2.45, 2.75) is 45.4 Å². The van der Waals surface area contributed by atoms with Gasteiger partial charge >= 0.3 is 0 Å². The minimum absolute atomic E-state index is 0.0576. The lowest BCUT2D eigenvalue weighted by Gasteiger charge is -2.13. The first-order valence-corrected chi connectivity index (χ1v) is 8.17. The van der Waals surface area contributed by atoms with Gasteiger partial charge in [-0.05, 0) is 38.3 Å². The number of sulfonamides is 1. The van der Waals surface area contributed by atoms with E-state index in [0.29, 0.717) is 17.7 Å². The Morgan fingerprint density at radius 1 is 1.25 bits per heavy atom. The number of guanidine groups is 1. The molecule has 20 heavy (non-hydrogen) atoms. The first-order chi connectivity index (χ1) is 9.27. The number of nitrogens with zero attached hydrogens (tertiary/aromatic N) is 1. The summed E-state index contributed by atoms with van der Waals surface area (Å²) in [4.78, 5) is 4.28. The number of aryl methyl sites for hydroxylation is 3. The van der Waals surface area contributed by atoms with Crippen molar-refractivity contribution in [3.05, 3.63) is 28.8 Å². The molecule has 0 aliphatic rings. The van der Waals surface area contributed by atoms with Crippen LogP contribution in [0, 0.1) is 20.8 Å². The minimum atomic E-state index is -3.68. The molecule has 0 saturated carbocycles. The van der Waals surface area contributed by atoms with Crippen LogP contribution in [0.25, 0.3) is 0 Å². The van der Waals surface area contributed by atoms with Crippen molar-refractivity contribution < 1.29 is 8.42 Å². The maximum absolute atomic E-state index is 12.4. The predicted molar refractivity (Wildman–Crippen MR) is 82.4 cm³/mol. The minimum Gasteiger partial charge on any atom is -0.369 e. The van der Waals surface area contributed by atoms with Gasteiger partial charge in [0.2, 0.25) is 5.96 Å². The van der Waals surface area contributed by atoms with E-state index in [-0.39, 0.29) is 10.9 Å². The Labute approximate surface area is 121 Å². The highest BCUT2D eigenvalue weighted by molar-refractivity contribution is 7.90. The molecule has 6 heteroatoms. The van der Waals surface area contributed by atoms with Gasteiger partial charge in [0.15, 0.2) is 0 Å². The van der Waals surface area contributed by atoms with Gasteiger partial charge in [-0.25, -0.2) is 13.1 Å². The molecule has 0 spiro atoms. The van der Waals surface area contributed by atoms with Crippen LogP contribution in [0.15, 0.2) is 22.0 Å². The third kappa shape index (κ3) is 4.23. The van der Waals surface area contributed by atoms with E-state index in [1.54, 1.807) is 13.8 Å². The maximum atomic E-state index is 12.4. The summed E-state index contributed by atoms with van der Waals surface area (Å²) < 4.78 is 27.0. The summed E-state index contributed by atoms with van der Waals surface area (Å²) in [7, 11) is -3.68. The van der Waals surface area contributed by atoms with Crippen molar-refractivity contribution in [1.82, 2.24) is 4.72 Å². The lowest BCUT2D eigenvalue weighted by Crippen LogP contribution is -2.37. The molecule has 0 unspecified atom stereocenters. The van der Waals surface area contributed by atoms with Crippen LogP contribution in [0.4, 0.5) is 0 Å². The molecule has 0 fully saturated rings. The van der Waals surface area contributed by atoms with Crippen molar-refractivity contribution >= 4 is 16.0 Å². The van der Waals surface area contributed by atoms with Crippen molar-refractivity contribution in [2.24, 2.45) is 10.7 Å². The molecule has 1 aromatic carbocycles. The average molecular weight is 297 g/mol. The van der Waals surface area contributed by atoms with Crippen LogP contribution in [0.1, 0.15) is 36.5 Å². The van der Waals surface area contributed by atoms with Crippen molar-refractivity contribution in [2.75, 3.05) is 6.54 Å². The van der Waals surface area contributed by atoms with Crippen molar-refractivity contribution in [3.8, 4) is 0 Å². The zero-order valence-electron chi connectivity index (χ0n) is 12.5. The highest BCUT2D eigenvalue weighted by atomic mass is 32.2. The Balaban J connectivity index is 3.04. The van der Waals surface area contributed by atoms with Crippen LogP contribution < -0.4 is 10.5 Å². The Morgan fingerprint density at radius 3 is 2.30 bits per heavy atom. The molecule has 0 aliphatic carbocycles. The number of hydrogen-bond acceptors (Lipinski definition) is 3. The summed E-state index contributed by atoms with van der Waals surface area (Å²) in [6.45, 7) is 8.05. The zero-order valence-corrected chi connectivity index (χ0v) is 13.3. The second-order valence-corrected chi connectivity index (χ2v) is 6.57. The van der Waals surface area contributed by atoms with E-state index >= 15 is 0 Å². The van der Waals surface area contributed by atoms with Gasteiger partial charge in [0.25, 0.3) is 10.0 Å². The van der Waals surface area contributed by atoms with Crippen LogP contribution in [0.5, 0.6) is 0 Å². The topological polar surface area (TPSA) is 84.5 Å². The van der Waals surface area contributed by atoms with Crippen LogP contribution >= 0.6 is 0 Å². The van der Waals surface area contributed by atoms with E-state index in [4.69, 9.17) is 5.73 Å². The summed E-state index contributed by atoms with van der Waals surface area (Å²) in [5, 5.41) is 0. The Hall–Kier alpha value is -1.56. The molecule has 112 valence electrons. The van der Waals surface area contributed by atoms with Crippen LogP contribution in [-0.4, -0.2) is 20.9 Å². The number of aliphatic imine (C=N–C) groups is 1. The highest BCUT2D eigenvalue weighted by Crippen LogP contribution is 2.21. The standard InChI is InChI=1S/C14H23N3O2S/c1-5-6-7-16-14(15)17-20(18,19)13-11(3)8-10(2)9-12(13)4/h8-9H,5-7H2,1-4H3,(H3,15,16,17).